The Morgan fingerprint density at radius 3 is 2.29 bits per heavy atom. The summed E-state index contributed by atoms with van der Waals surface area (Å²) in [6.07, 6.45) is 4.59. The van der Waals surface area contributed by atoms with Crippen LogP contribution >= 0.6 is 0 Å². The van der Waals surface area contributed by atoms with Gasteiger partial charge in [-0.05, 0) is 39.8 Å². The third-order valence-corrected chi connectivity index (χ3v) is 2.87. The van der Waals surface area contributed by atoms with E-state index in [1.807, 2.05) is 0 Å². The third-order valence-electron chi connectivity index (χ3n) is 2.87. The first-order valence-corrected chi connectivity index (χ1v) is 5.09. The van der Waals surface area contributed by atoms with Gasteiger partial charge in [0.1, 0.15) is 0 Å². The van der Waals surface area contributed by atoms with Crippen LogP contribution in [-0.4, -0.2) is 37.0 Å². The van der Waals surface area contributed by atoms with Crippen LogP contribution in [0.2, 0.25) is 0 Å². The first-order valence-electron chi connectivity index (χ1n) is 5.09. The average molecular weight is 199 g/mol. The molecule has 0 aliphatic heterocycles. The van der Waals surface area contributed by atoms with E-state index in [1.165, 1.54) is 12.8 Å². The zero-order valence-electron chi connectivity index (χ0n) is 9.03. The van der Waals surface area contributed by atoms with Crippen LogP contribution in [0.1, 0.15) is 25.7 Å². The lowest BCUT2D eigenvalue weighted by atomic mass is 9.91. The Morgan fingerprint density at radius 1 is 1.29 bits per heavy atom. The molecule has 1 aliphatic rings. The maximum Gasteiger partial charge on any atom is 0.203 e. The summed E-state index contributed by atoms with van der Waals surface area (Å²) >= 11 is 0. The number of rotatable bonds is 2. The van der Waals surface area contributed by atoms with Gasteiger partial charge in [0.15, 0.2) is 0 Å². The van der Waals surface area contributed by atoms with Crippen LogP contribution in [0.5, 0.6) is 0 Å². The zero-order valence-corrected chi connectivity index (χ0v) is 9.03. The van der Waals surface area contributed by atoms with Crippen molar-refractivity contribution in [1.82, 2.24) is 10.3 Å². The Balaban J connectivity index is 2.36. The van der Waals surface area contributed by atoms with Crippen molar-refractivity contribution >= 4 is 5.96 Å². The monoisotopic (exact) mass is 199 g/mol. The number of aliphatic imine (C=N–C) groups is 1. The summed E-state index contributed by atoms with van der Waals surface area (Å²) < 4.78 is 0. The van der Waals surface area contributed by atoms with E-state index in [2.05, 4.69) is 29.4 Å². The molecule has 0 saturated heterocycles. The molecule has 0 spiro atoms. The Hall–Kier alpha value is -0.810. The molecule has 0 unspecified atom stereocenters. The standard InChI is InChI=1S/C9H21N5/c1-14(2)8-5-3-7(4-6-8)12-9(10)13-11/h7-8H,3-6,11H2,1-2H3,(H3,10,12,13). The molecule has 1 rings (SSSR count). The van der Waals surface area contributed by atoms with Gasteiger partial charge in [0.05, 0.1) is 6.04 Å². The van der Waals surface area contributed by atoms with Crippen LogP contribution < -0.4 is 17.0 Å². The lowest BCUT2D eigenvalue weighted by molar-refractivity contribution is 0.217. The van der Waals surface area contributed by atoms with Crippen molar-refractivity contribution in [3.8, 4) is 0 Å². The van der Waals surface area contributed by atoms with Crippen LogP contribution in [0.15, 0.2) is 4.99 Å². The molecule has 5 nitrogen and oxygen atoms in total. The lowest BCUT2D eigenvalue weighted by Crippen LogP contribution is -2.39. The molecule has 0 atom stereocenters. The van der Waals surface area contributed by atoms with Crippen molar-refractivity contribution in [1.29, 1.82) is 0 Å². The fraction of sp³-hybridized carbons (Fsp3) is 0.889. The van der Waals surface area contributed by atoms with Crippen LogP contribution in [0.25, 0.3) is 0 Å². The van der Waals surface area contributed by atoms with Gasteiger partial charge in [0.25, 0.3) is 0 Å². The highest BCUT2D eigenvalue weighted by atomic mass is 15.3. The Bertz CT molecular complexity index is 193. The minimum Gasteiger partial charge on any atom is -0.369 e. The zero-order chi connectivity index (χ0) is 10.6. The Labute approximate surface area is 85.5 Å². The van der Waals surface area contributed by atoms with Crippen LogP contribution in [-0.2, 0) is 0 Å². The van der Waals surface area contributed by atoms with Crippen molar-refractivity contribution in [2.75, 3.05) is 14.1 Å². The molecule has 0 radical (unpaired) electrons. The number of nitrogens with two attached hydrogens (primary N) is 2. The van der Waals surface area contributed by atoms with E-state index < -0.39 is 0 Å². The molecular weight excluding hydrogens is 178 g/mol. The molecule has 5 heteroatoms. The maximum absolute atomic E-state index is 5.50. The van der Waals surface area contributed by atoms with Gasteiger partial charge < -0.3 is 10.6 Å². The van der Waals surface area contributed by atoms with Crippen LogP contribution in [0.3, 0.4) is 0 Å². The fourth-order valence-electron chi connectivity index (χ4n) is 1.94. The first kappa shape index (κ1) is 11.3. The number of nitrogens with zero attached hydrogens (tertiary/aromatic N) is 2. The molecule has 0 amide bonds. The van der Waals surface area contributed by atoms with Gasteiger partial charge in [-0.15, -0.1) is 0 Å². The van der Waals surface area contributed by atoms with E-state index in [4.69, 9.17) is 11.6 Å². The topological polar surface area (TPSA) is 79.7 Å². The van der Waals surface area contributed by atoms with Crippen LogP contribution in [0.4, 0.5) is 0 Å². The molecule has 0 aromatic carbocycles. The molecular formula is C9H21N5. The smallest absolute Gasteiger partial charge is 0.203 e. The fourth-order valence-corrected chi connectivity index (χ4v) is 1.94. The quantitative estimate of drug-likeness (QED) is 0.245. The summed E-state index contributed by atoms with van der Waals surface area (Å²) in [5.74, 6) is 5.50. The highest BCUT2D eigenvalue weighted by molar-refractivity contribution is 5.77. The number of guanidine groups is 1. The minimum absolute atomic E-state index is 0.346. The SMILES string of the molecule is CN(C)C1CCC(N=C(N)NN)CC1. The Kier molecular flexibility index (Phi) is 4.16. The van der Waals surface area contributed by atoms with Crippen molar-refractivity contribution in [3.63, 3.8) is 0 Å². The van der Waals surface area contributed by atoms with Gasteiger partial charge in [-0.3, -0.25) is 5.43 Å². The van der Waals surface area contributed by atoms with Gasteiger partial charge in [0.2, 0.25) is 5.96 Å². The molecule has 1 fully saturated rings. The number of hydrazine groups is 1. The van der Waals surface area contributed by atoms with E-state index >= 15 is 0 Å². The van der Waals surface area contributed by atoms with Gasteiger partial charge in [-0.2, -0.15) is 0 Å². The molecule has 0 heterocycles. The van der Waals surface area contributed by atoms with Crippen molar-refractivity contribution in [2.45, 2.75) is 37.8 Å². The minimum atomic E-state index is 0.346. The van der Waals surface area contributed by atoms with Gasteiger partial charge in [0, 0.05) is 6.04 Å². The highest BCUT2D eigenvalue weighted by Crippen LogP contribution is 2.23. The second kappa shape index (κ2) is 5.17. The predicted octanol–water partition coefficient (Wildman–Crippen LogP) is -0.363. The molecule has 5 N–H and O–H groups in total. The van der Waals surface area contributed by atoms with E-state index in [1.54, 1.807) is 0 Å². The van der Waals surface area contributed by atoms with Gasteiger partial charge >= 0.3 is 0 Å². The third kappa shape index (κ3) is 3.16. The molecule has 14 heavy (non-hydrogen) atoms. The summed E-state index contributed by atoms with van der Waals surface area (Å²) in [5.41, 5.74) is 7.87. The molecule has 1 aliphatic carbocycles. The molecule has 0 aromatic heterocycles. The van der Waals surface area contributed by atoms with Gasteiger partial charge in [-0.1, -0.05) is 0 Å². The number of nitrogens with one attached hydrogen (secondary N) is 1. The molecule has 1 saturated carbocycles. The van der Waals surface area contributed by atoms with Crippen LogP contribution in [0, 0.1) is 0 Å². The lowest BCUT2D eigenvalue weighted by Gasteiger charge is -2.31. The van der Waals surface area contributed by atoms with E-state index in [0.29, 0.717) is 18.0 Å². The summed E-state index contributed by atoms with van der Waals surface area (Å²) in [5, 5.41) is 0. The van der Waals surface area contributed by atoms with Crippen molar-refractivity contribution < 1.29 is 0 Å². The normalized spacial score (nSPS) is 29.3. The summed E-state index contributed by atoms with van der Waals surface area (Å²) in [6.45, 7) is 0. The van der Waals surface area contributed by atoms with Gasteiger partial charge in [-0.25, -0.2) is 10.8 Å². The highest BCUT2D eigenvalue weighted by Gasteiger charge is 2.21. The Morgan fingerprint density at radius 2 is 1.86 bits per heavy atom. The van der Waals surface area contributed by atoms with E-state index in [-0.39, 0.29) is 0 Å². The summed E-state index contributed by atoms with van der Waals surface area (Å²) in [4.78, 5) is 6.57. The maximum atomic E-state index is 5.50. The molecule has 82 valence electrons. The number of hydrogen-bond acceptors (Lipinski definition) is 3. The van der Waals surface area contributed by atoms with Crippen molar-refractivity contribution in [3.05, 3.63) is 0 Å². The molecule has 0 aromatic rings. The molecule has 0 bridgehead atoms. The van der Waals surface area contributed by atoms with E-state index in [9.17, 15) is 0 Å². The van der Waals surface area contributed by atoms with E-state index in [0.717, 1.165) is 12.8 Å². The first-order chi connectivity index (χ1) is 6.63. The average Bonchev–Trinajstić information content (AvgIpc) is 2.18. The largest absolute Gasteiger partial charge is 0.369 e. The number of hydrogen-bond donors (Lipinski definition) is 3. The second-order valence-corrected chi connectivity index (χ2v) is 4.08. The summed E-state index contributed by atoms with van der Waals surface area (Å²) in [6, 6.07) is 1.05. The summed E-state index contributed by atoms with van der Waals surface area (Å²) in [7, 11) is 4.26. The van der Waals surface area contributed by atoms with Crippen molar-refractivity contribution in [2.24, 2.45) is 16.6 Å². The predicted molar refractivity (Wildman–Crippen MR) is 58.7 cm³/mol. The second-order valence-electron chi connectivity index (χ2n) is 4.08.